The van der Waals surface area contributed by atoms with E-state index in [4.69, 9.17) is 16.3 Å². The highest BCUT2D eigenvalue weighted by Gasteiger charge is 2.29. The highest BCUT2D eigenvalue weighted by molar-refractivity contribution is 6.30. The molecule has 5 nitrogen and oxygen atoms in total. The number of carbonyl (C=O) groups is 2. The Balaban J connectivity index is 2.17. The second-order valence-electron chi connectivity index (χ2n) is 7.26. The van der Waals surface area contributed by atoms with Gasteiger partial charge in [-0.05, 0) is 55.2 Å². The summed E-state index contributed by atoms with van der Waals surface area (Å²) in [6.07, 6.45) is 2.43. The van der Waals surface area contributed by atoms with Gasteiger partial charge in [0.15, 0.2) is 6.61 Å². The van der Waals surface area contributed by atoms with Crippen LogP contribution >= 0.6 is 11.6 Å². The molecule has 162 valence electrons. The van der Waals surface area contributed by atoms with Crippen LogP contribution in [0.25, 0.3) is 0 Å². The summed E-state index contributed by atoms with van der Waals surface area (Å²) in [5.74, 6) is 0.203. The van der Waals surface area contributed by atoms with Gasteiger partial charge in [-0.2, -0.15) is 0 Å². The van der Waals surface area contributed by atoms with Crippen molar-refractivity contribution in [1.29, 1.82) is 0 Å². The molecule has 0 saturated carbocycles. The lowest BCUT2D eigenvalue weighted by atomic mass is 10.1. The Morgan fingerprint density at radius 3 is 2.43 bits per heavy atom. The third-order valence-electron chi connectivity index (χ3n) is 4.99. The Hall–Kier alpha value is -2.53. The Morgan fingerprint density at radius 2 is 1.80 bits per heavy atom. The van der Waals surface area contributed by atoms with Gasteiger partial charge in [0.1, 0.15) is 11.8 Å². The van der Waals surface area contributed by atoms with Crippen LogP contribution in [0.2, 0.25) is 5.02 Å². The van der Waals surface area contributed by atoms with E-state index in [2.05, 4.69) is 12.2 Å². The maximum absolute atomic E-state index is 13.1. The zero-order chi connectivity index (χ0) is 21.9. The molecular weight excluding hydrogens is 400 g/mol. The molecule has 2 aromatic carbocycles. The monoisotopic (exact) mass is 430 g/mol. The topological polar surface area (TPSA) is 58.6 Å². The van der Waals surface area contributed by atoms with Crippen molar-refractivity contribution < 1.29 is 14.3 Å². The van der Waals surface area contributed by atoms with Crippen molar-refractivity contribution in [1.82, 2.24) is 10.2 Å². The molecule has 0 bridgehead atoms. The highest BCUT2D eigenvalue weighted by atomic mass is 35.5. The number of amides is 2. The van der Waals surface area contributed by atoms with Crippen LogP contribution in [0.3, 0.4) is 0 Å². The number of unbranched alkanes of at least 4 members (excludes halogenated alkanes) is 1. The van der Waals surface area contributed by atoms with Gasteiger partial charge in [-0.1, -0.05) is 56.1 Å². The largest absolute Gasteiger partial charge is 0.484 e. The molecule has 0 unspecified atom stereocenters. The Kier molecular flexibility index (Phi) is 9.68. The fraction of sp³-hybridized carbons (Fsp3) is 0.417. The van der Waals surface area contributed by atoms with E-state index in [1.54, 1.807) is 29.2 Å². The number of ether oxygens (including phenoxy) is 1. The number of nitrogens with one attached hydrogen (secondary N) is 1. The van der Waals surface area contributed by atoms with Crippen LogP contribution in [0.5, 0.6) is 5.75 Å². The van der Waals surface area contributed by atoms with Crippen molar-refractivity contribution >= 4 is 23.4 Å². The Morgan fingerprint density at radius 1 is 1.10 bits per heavy atom. The van der Waals surface area contributed by atoms with Gasteiger partial charge in [0.2, 0.25) is 5.91 Å². The second kappa shape index (κ2) is 12.2. The number of hydrogen-bond donors (Lipinski definition) is 1. The van der Waals surface area contributed by atoms with Crippen molar-refractivity contribution in [3.05, 3.63) is 64.7 Å². The molecular formula is C24H31ClN2O3. The number of halogens is 1. The van der Waals surface area contributed by atoms with E-state index in [-0.39, 0.29) is 18.4 Å². The highest BCUT2D eigenvalue weighted by Crippen LogP contribution is 2.18. The summed E-state index contributed by atoms with van der Waals surface area (Å²) in [5, 5.41) is 3.56. The summed E-state index contributed by atoms with van der Waals surface area (Å²) in [6, 6.07) is 14.2. The summed E-state index contributed by atoms with van der Waals surface area (Å²) < 4.78 is 5.66. The maximum atomic E-state index is 13.1. The van der Waals surface area contributed by atoms with E-state index in [1.807, 2.05) is 38.1 Å². The molecule has 30 heavy (non-hydrogen) atoms. The van der Waals surface area contributed by atoms with Gasteiger partial charge in [0.05, 0.1) is 0 Å². The summed E-state index contributed by atoms with van der Waals surface area (Å²) in [6.45, 7) is 6.82. The molecule has 1 N–H and O–H groups in total. The van der Waals surface area contributed by atoms with Crippen molar-refractivity contribution in [2.45, 2.75) is 52.6 Å². The minimum absolute atomic E-state index is 0.126. The van der Waals surface area contributed by atoms with Crippen molar-refractivity contribution in [3.63, 3.8) is 0 Å². The molecule has 1 atom stereocenters. The second-order valence-corrected chi connectivity index (χ2v) is 7.70. The van der Waals surface area contributed by atoms with Gasteiger partial charge in [-0.15, -0.1) is 0 Å². The summed E-state index contributed by atoms with van der Waals surface area (Å²) in [4.78, 5) is 27.6. The third kappa shape index (κ3) is 7.06. The van der Waals surface area contributed by atoms with E-state index in [0.717, 1.165) is 24.0 Å². The fourth-order valence-corrected chi connectivity index (χ4v) is 3.28. The first kappa shape index (κ1) is 23.7. The molecule has 2 amide bonds. The molecule has 0 aliphatic heterocycles. The van der Waals surface area contributed by atoms with Gasteiger partial charge in [0.25, 0.3) is 5.91 Å². The van der Waals surface area contributed by atoms with Crippen LogP contribution in [0.4, 0.5) is 0 Å². The van der Waals surface area contributed by atoms with Gasteiger partial charge >= 0.3 is 0 Å². The molecule has 0 aromatic heterocycles. The Labute approximate surface area is 184 Å². The molecule has 0 aliphatic carbocycles. The minimum atomic E-state index is -0.553. The van der Waals surface area contributed by atoms with E-state index < -0.39 is 6.04 Å². The van der Waals surface area contributed by atoms with Gasteiger partial charge in [-0.3, -0.25) is 9.59 Å². The van der Waals surface area contributed by atoms with Crippen LogP contribution < -0.4 is 10.1 Å². The molecule has 2 aromatic rings. The molecule has 0 radical (unpaired) electrons. The number of aryl methyl sites for hydroxylation is 1. The molecule has 2 rings (SSSR count). The van der Waals surface area contributed by atoms with Crippen molar-refractivity contribution in [2.24, 2.45) is 0 Å². The lowest BCUT2D eigenvalue weighted by molar-refractivity contribution is -0.143. The van der Waals surface area contributed by atoms with Crippen LogP contribution in [0, 0.1) is 6.92 Å². The molecule has 0 fully saturated rings. The molecule has 0 heterocycles. The van der Waals surface area contributed by atoms with Crippen LogP contribution in [0.1, 0.15) is 44.2 Å². The van der Waals surface area contributed by atoms with Crippen molar-refractivity contribution in [2.75, 3.05) is 13.2 Å². The van der Waals surface area contributed by atoms with Gasteiger partial charge < -0.3 is 15.0 Å². The van der Waals surface area contributed by atoms with E-state index in [1.165, 1.54) is 0 Å². The number of hydrogen-bond acceptors (Lipinski definition) is 3. The summed E-state index contributed by atoms with van der Waals surface area (Å²) in [7, 11) is 0. The quantitative estimate of drug-likeness (QED) is 0.523. The zero-order valence-electron chi connectivity index (χ0n) is 18.0. The first-order chi connectivity index (χ1) is 14.5. The number of benzene rings is 2. The van der Waals surface area contributed by atoms with Crippen LogP contribution in [-0.2, 0) is 16.1 Å². The predicted octanol–water partition coefficient (Wildman–Crippen LogP) is 4.75. The zero-order valence-corrected chi connectivity index (χ0v) is 18.7. The number of carbonyl (C=O) groups excluding carboxylic acids is 2. The molecule has 0 aliphatic rings. The normalized spacial score (nSPS) is 11.6. The lowest BCUT2D eigenvalue weighted by Crippen LogP contribution is -2.50. The summed E-state index contributed by atoms with van der Waals surface area (Å²) in [5.41, 5.74) is 2.09. The third-order valence-corrected chi connectivity index (χ3v) is 5.25. The number of nitrogens with zero attached hydrogens (tertiary/aromatic N) is 1. The number of rotatable bonds is 11. The standard InChI is InChI=1S/C24H31ClN2O3/c1-4-6-15-26-24(29)22(5-2)27(16-19-10-8-7-9-18(19)3)23(28)17-30-21-13-11-20(25)12-14-21/h7-14,22H,4-6,15-17H2,1-3H3,(H,26,29)/t22-/m0/s1. The van der Waals surface area contributed by atoms with E-state index >= 15 is 0 Å². The lowest BCUT2D eigenvalue weighted by Gasteiger charge is -2.31. The van der Waals surface area contributed by atoms with E-state index in [9.17, 15) is 9.59 Å². The molecule has 0 spiro atoms. The maximum Gasteiger partial charge on any atom is 0.261 e. The molecule has 6 heteroatoms. The van der Waals surface area contributed by atoms with Gasteiger partial charge in [0, 0.05) is 18.1 Å². The van der Waals surface area contributed by atoms with Crippen molar-refractivity contribution in [3.8, 4) is 5.75 Å². The predicted molar refractivity (Wildman–Crippen MR) is 121 cm³/mol. The minimum Gasteiger partial charge on any atom is -0.484 e. The average Bonchev–Trinajstić information content (AvgIpc) is 2.74. The van der Waals surface area contributed by atoms with Gasteiger partial charge in [-0.25, -0.2) is 0 Å². The fourth-order valence-electron chi connectivity index (χ4n) is 3.16. The first-order valence-electron chi connectivity index (χ1n) is 10.5. The summed E-state index contributed by atoms with van der Waals surface area (Å²) >= 11 is 5.90. The Bertz CT molecular complexity index is 823. The van der Waals surface area contributed by atoms with Crippen LogP contribution in [0.15, 0.2) is 48.5 Å². The smallest absolute Gasteiger partial charge is 0.261 e. The van der Waals surface area contributed by atoms with Crippen LogP contribution in [-0.4, -0.2) is 35.9 Å². The average molecular weight is 431 g/mol. The molecule has 0 saturated heterocycles. The van der Waals surface area contributed by atoms with E-state index in [0.29, 0.717) is 30.3 Å². The SMILES string of the molecule is CCCCNC(=O)[C@H](CC)N(Cc1ccccc1C)C(=O)COc1ccc(Cl)cc1. The first-order valence-corrected chi connectivity index (χ1v) is 10.8.